The molecule has 87 heavy (non-hydrogen) atoms. The topological polar surface area (TPSA) is 452 Å². The van der Waals surface area contributed by atoms with Crippen LogP contribution in [-0.2, 0) is 35.3 Å². The van der Waals surface area contributed by atoms with Crippen LogP contribution in [-0.4, -0.2) is 129 Å². The number of thioether (sulfide) groups is 1. The third kappa shape index (κ3) is 16.0. The lowest BCUT2D eigenvalue weighted by Crippen LogP contribution is -2.53. The number of nitrogens with one attached hydrogen (secondary N) is 10. The molecule has 10 amide bonds. The van der Waals surface area contributed by atoms with E-state index in [0.717, 1.165) is 46.5 Å². The minimum Gasteiger partial charge on any atom is -0.477 e. The van der Waals surface area contributed by atoms with E-state index in [4.69, 9.17) is 13.9 Å². The highest BCUT2D eigenvalue weighted by molar-refractivity contribution is 7.98. The minimum absolute atomic E-state index is 0.0253. The Kier molecular flexibility index (Phi) is 20.5. The van der Waals surface area contributed by atoms with Crippen LogP contribution in [0.15, 0.2) is 118 Å². The van der Waals surface area contributed by atoms with Crippen molar-refractivity contribution >= 4 is 117 Å². The van der Waals surface area contributed by atoms with Crippen LogP contribution in [0.2, 0.25) is 0 Å². The Hall–Kier alpha value is -10.6. The van der Waals surface area contributed by atoms with Gasteiger partial charge in [-0.1, -0.05) is 39.5 Å². The summed E-state index contributed by atoms with van der Waals surface area (Å²) in [6.45, 7) is 23.6. The van der Waals surface area contributed by atoms with E-state index in [1.165, 1.54) is 47.0 Å². The van der Waals surface area contributed by atoms with Gasteiger partial charge in [0.05, 0.1) is 47.2 Å². The molecule has 4 atom stereocenters. The molecule has 2 unspecified atom stereocenters. The number of hydrogen-bond donors (Lipinski definition) is 12. The van der Waals surface area contributed by atoms with Crippen LogP contribution in [0.1, 0.15) is 100 Å². The first kappa shape index (κ1) is 64.0. The van der Waals surface area contributed by atoms with Gasteiger partial charge in [0.2, 0.25) is 17.7 Å². The lowest BCUT2D eigenvalue weighted by atomic mass is 10.1. The van der Waals surface area contributed by atoms with Crippen molar-refractivity contribution in [1.82, 2.24) is 83.1 Å². The molecule has 0 fully saturated rings. The van der Waals surface area contributed by atoms with Crippen LogP contribution in [0.4, 0.5) is 0 Å². The highest BCUT2D eigenvalue weighted by Gasteiger charge is 2.32. The zero-order valence-corrected chi connectivity index (χ0v) is 48.8. The molecule has 6 aromatic heterocycles. The number of carboxylic acids is 1. The maximum Gasteiger partial charge on any atom is 0.351 e. The van der Waals surface area contributed by atoms with Gasteiger partial charge in [-0.15, -0.1) is 34.0 Å². The number of carboxylic acid groups (broad SMARTS) is 1. The third-order valence-electron chi connectivity index (χ3n) is 11.5. The maximum absolute atomic E-state index is 13.9. The quantitative estimate of drug-likeness (QED) is 0.0771. The first-order valence-corrected chi connectivity index (χ1v) is 28.7. The SMILES string of the molecule is C=C(NC(=O)C(=C)NC(=O)C(=C)NC(=O)C(=C)NC(=O)c1ccc2c(n1)-c1coc(n1)C(=C)NC(=O)C(=C)NC(=O)c1csc(n1)C(C)NC(=O)c1csc(n1)CNC(=O)c1coc(n1)C(CSC)NC(=O)[C@@H]([C@@H](C)O)NC(=O)c1csc-2n1)C(=O)O. The predicted molar refractivity (Wildman–Crippen MR) is 311 cm³/mol. The van der Waals surface area contributed by atoms with Crippen LogP contribution in [0.25, 0.3) is 27.7 Å². The number of aromatic nitrogens is 6. The fourth-order valence-electron chi connectivity index (χ4n) is 7.00. The third-order valence-corrected chi connectivity index (χ3v) is 14.9. The zero-order chi connectivity index (χ0) is 63.6. The van der Waals surface area contributed by atoms with Crippen molar-refractivity contribution in [2.45, 2.75) is 44.6 Å². The minimum atomic E-state index is -1.60. The monoisotopic (exact) mass is 1260 g/mol. The number of rotatable bonds is 12. The van der Waals surface area contributed by atoms with E-state index in [2.05, 4.69) is 112 Å². The zero-order valence-electron chi connectivity index (χ0n) is 45.5. The van der Waals surface area contributed by atoms with E-state index in [1.807, 2.05) is 10.6 Å². The fraction of sp³-hybridized carbons (Fsp3) is 0.173. The molecule has 35 heteroatoms. The van der Waals surface area contributed by atoms with Gasteiger partial charge < -0.3 is 72.2 Å². The normalized spacial score (nSPS) is 16.4. The number of pyridine rings is 1. The summed E-state index contributed by atoms with van der Waals surface area (Å²) in [6, 6.07) is -0.796. The van der Waals surface area contributed by atoms with Gasteiger partial charge in [-0.3, -0.25) is 47.9 Å². The molecule has 0 spiro atoms. The van der Waals surface area contributed by atoms with Crippen LogP contribution in [0.5, 0.6) is 0 Å². The average molecular weight is 1270 g/mol. The molecule has 7 heterocycles. The standard InChI is InChI=1S/C52H48N16O15S4/c1-19(38(70)55-20(2)41(73)60-25(7)52(80)81)54-39(71)21(3)56-43(75)28-11-10-27-37(62-28)29-13-82-48(64-29)23(5)58-40(72)22(4)57-45(77)32-17-86-50(66-32)24(6)59-44(76)31-16-85-35(61-31)12-53-42(74)30-14-83-49(65-30)34(15-84-9)63-47(79)36(26(8)69)68-46(78)33-18-87-51(27)67-33/h10-11,13-14,16-18,24,26,34,36,69H,1-5,7,12,15H2,6,8-9H3,(H,53,74)(H,54,71)(H,55,70)(H,56,75)(H,57,77)(H,58,72)(H,59,76)(H,60,73)(H,63,79)(H,68,78)(H,80,81)/t24?,26-,34?,36-/m1/s1. The number of oxazole rings is 2. The summed E-state index contributed by atoms with van der Waals surface area (Å²) < 4.78 is 11.3. The largest absolute Gasteiger partial charge is 0.477 e. The van der Waals surface area contributed by atoms with Crippen molar-refractivity contribution in [3.63, 3.8) is 0 Å². The molecule has 6 aromatic rings. The Morgan fingerprint density at radius 3 is 1.94 bits per heavy atom. The number of thiazole rings is 3. The number of carbonyl (C=O) groups excluding carboxylic acids is 10. The molecule has 0 aromatic carbocycles. The number of hydrogen-bond acceptors (Lipinski definition) is 24. The average Bonchev–Trinajstić information content (AvgIpc) is 2.00. The molecule has 0 saturated heterocycles. The predicted octanol–water partition coefficient (Wildman–Crippen LogP) is 1.44. The molecule has 7 rings (SSSR count). The molecule has 1 aliphatic rings. The number of carbonyl (C=O) groups is 11. The van der Waals surface area contributed by atoms with Crippen molar-refractivity contribution in [3.05, 3.63) is 159 Å². The summed E-state index contributed by atoms with van der Waals surface area (Å²) in [4.78, 5) is 170. The molecule has 0 saturated carbocycles. The molecule has 10 bridgehead atoms. The summed E-state index contributed by atoms with van der Waals surface area (Å²) in [6.07, 6.45) is 2.35. The number of aliphatic carboxylic acids is 1. The van der Waals surface area contributed by atoms with Crippen molar-refractivity contribution in [2.24, 2.45) is 0 Å². The van der Waals surface area contributed by atoms with Gasteiger partial charge in [-0.2, -0.15) is 11.8 Å². The van der Waals surface area contributed by atoms with Crippen molar-refractivity contribution < 1.29 is 71.8 Å². The molecule has 0 radical (unpaired) electrons. The second-order valence-corrected chi connectivity index (χ2v) is 21.5. The second kappa shape index (κ2) is 27.8. The Balaban J connectivity index is 1.16. The summed E-state index contributed by atoms with van der Waals surface area (Å²) >= 11 is 4.29. The first-order chi connectivity index (χ1) is 41.2. The van der Waals surface area contributed by atoms with E-state index < -0.39 is 123 Å². The van der Waals surface area contributed by atoms with Crippen LogP contribution in [0.3, 0.4) is 0 Å². The highest BCUT2D eigenvalue weighted by atomic mass is 32.2. The van der Waals surface area contributed by atoms with Crippen molar-refractivity contribution in [1.29, 1.82) is 0 Å². The van der Waals surface area contributed by atoms with Gasteiger partial charge >= 0.3 is 5.97 Å². The summed E-state index contributed by atoms with van der Waals surface area (Å²) in [5, 5.41) is 48.2. The number of amides is 10. The summed E-state index contributed by atoms with van der Waals surface area (Å²) in [5.41, 5.74) is -4.59. The van der Waals surface area contributed by atoms with Gasteiger partial charge in [0.1, 0.15) is 79.5 Å². The molecule has 450 valence electrons. The van der Waals surface area contributed by atoms with E-state index in [0.29, 0.717) is 10.0 Å². The van der Waals surface area contributed by atoms with Gasteiger partial charge in [-0.25, -0.2) is 34.7 Å². The van der Waals surface area contributed by atoms with Crippen LogP contribution >= 0.6 is 45.8 Å². The molecule has 1 aliphatic heterocycles. The second-order valence-electron chi connectivity index (χ2n) is 17.9. The van der Waals surface area contributed by atoms with E-state index in [-0.39, 0.29) is 74.5 Å². The molecule has 12 N–H and O–H groups in total. The fourth-order valence-corrected chi connectivity index (χ4v) is 9.91. The van der Waals surface area contributed by atoms with Crippen molar-refractivity contribution in [2.75, 3.05) is 12.0 Å². The molecule has 31 nitrogen and oxygen atoms in total. The Morgan fingerprint density at radius 1 is 0.678 bits per heavy atom. The Bertz CT molecular complexity index is 3910. The highest BCUT2D eigenvalue weighted by Crippen LogP contribution is 2.34. The first-order valence-electron chi connectivity index (χ1n) is 24.6. The summed E-state index contributed by atoms with van der Waals surface area (Å²) in [7, 11) is 0. The van der Waals surface area contributed by atoms with Gasteiger partial charge in [0.25, 0.3) is 53.2 Å². The smallest absolute Gasteiger partial charge is 0.351 e. The van der Waals surface area contributed by atoms with Gasteiger partial charge in [-0.05, 0) is 32.2 Å². The molecular formula is C52H48N16O15S4. The number of fused-ring (bicyclic) bond motifs is 13. The van der Waals surface area contributed by atoms with E-state index in [9.17, 15) is 57.8 Å². The number of aliphatic hydroxyl groups is 1. The Morgan fingerprint density at radius 2 is 1.28 bits per heavy atom. The molecular weight excluding hydrogens is 1220 g/mol. The van der Waals surface area contributed by atoms with Crippen LogP contribution in [0, 0.1) is 0 Å². The lowest BCUT2D eigenvalue weighted by molar-refractivity contribution is -0.134. The van der Waals surface area contributed by atoms with E-state index >= 15 is 0 Å². The van der Waals surface area contributed by atoms with Crippen LogP contribution < -0.4 is 53.2 Å². The number of aliphatic hydroxyl groups excluding tert-OH is 1. The van der Waals surface area contributed by atoms with E-state index in [1.54, 1.807) is 13.2 Å². The maximum atomic E-state index is 13.9. The molecule has 0 aliphatic carbocycles. The summed E-state index contributed by atoms with van der Waals surface area (Å²) in [5.74, 6) is -11.3. The van der Waals surface area contributed by atoms with Crippen molar-refractivity contribution in [3.8, 4) is 22.0 Å². The Labute approximate surface area is 506 Å². The van der Waals surface area contributed by atoms with Gasteiger partial charge in [0, 0.05) is 27.5 Å². The van der Waals surface area contributed by atoms with Gasteiger partial charge in [0.15, 0.2) is 5.69 Å². The lowest BCUT2D eigenvalue weighted by Gasteiger charge is -2.23. The number of nitrogens with zero attached hydrogens (tertiary/aromatic N) is 6.